The number of benzene rings is 1. The van der Waals surface area contributed by atoms with Gasteiger partial charge in [0.05, 0.1) is 0 Å². The molecule has 0 aromatic heterocycles. The lowest BCUT2D eigenvalue weighted by Gasteiger charge is -2.18. The van der Waals surface area contributed by atoms with E-state index in [1.165, 1.54) is 5.56 Å². The maximum atomic E-state index is 5.41. The lowest BCUT2D eigenvalue weighted by molar-refractivity contribution is 0.541. The molecule has 0 bridgehead atoms. The number of rotatable bonds is 5. The first kappa shape index (κ1) is 13.8. The first-order chi connectivity index (χ1) is 7.69. The zero-order chi connectivity index (χ0) is 12.0. The van der Waals surface area contributed by atoms with E-state index >= 15 is 0 Å². The van der Waals surface area contributed by atoms with Gasteiger partial charge >= 0.3 is 0 Å². The van der Waals surface area contributed by atoms with Gasteiger partial charge in [0.15, 0.2) is 0 Å². The van der Waals surface area contributed by atoms with Crippen molar-refractivity contribution in [3.8, 4) is 12.3 Å². The smallest absolute Gasteiger partial charge is 0.0442 e. The van der Waals surface area contributed by atoms with Gasteiger partial charge in [0.1, 0.15) is 0 Å². The van der Waals surface area contributed by atoms with Crippen molar-refractivity contribution in [2.24, 2.45) is 0 Å². The van der Waals surface area contributed by atoms with Crippen molar-refractivity contribution in [2.45, 2.75) is 25.8 Å². The van der Waals surface area contributed by atoms with E-state index in [1.807, 2.05) is 12.1 Å². The van der Waals surface area contributed by atoms with Gasteiger partial charge in [-0.3, -0.25) is 0 Å². The van der Waals surface area contributed by atoms with Crippen LogP contribution in [0.25, 0.3) is 0 Å². The number of halogens is 2. The van der Waals surface area contributed by atoms with E-state index < -0.39 is 0 Å². The Morgan fingerprint density at radius 3 is 2.81 bits per heavy atom. The molecule has 86 valence electrons. The molecule has 0 aliphatic rings. The second-order valence-corrected chi connectivity index (χ2v) is 5.35. The van der Waals surface area contributed by atoms with Crippen LogP contribution in [0.1, 0.15) is 31.4 Å². The molecule has 1 atom stereocenters. The van der Waals surface area contributed by atoms with Crippen LogP contribution >= 0.6 is 31.9 Å². The molecular weight excluding hydrogens is 330 g/mol. The summed E-state index contributed by atoms with van der Waals surface area (Å²) in [5.41, 5.74) is 1.21. The zero-order valence-corrected chi connectivity index (χ0v) is 12.4. The van der Waals surface area contributed by atoms with Crippen LogP contribution in [0.4, 0.5) is 0 Å². The molecule has 0 fully saturated rings. The highest BCUT2D eigenvalue weighted by molar-refractivity contribution is 9.11. The first-order valence-electron chi connectivity index (χ1n) is 5.30. The minimum absolute atomic E-state index is 0.219. The maximum absolute atomic E-state index is 5.41. The summed E-state index contributed by atoms with van der Waals surface area (Å²) in [6.45, 7) is 3.13. The summed E-state index contributed by atoms with van der Waals surface area (Å²) in [4.78, 5) is 0. The molecule has 1 nitrogen and oxygen atoms in total. The third-order valence-electron chi connectivity index (χ3n) is 2.30. The van der Waals surface area contributed by atoms with Crippen LogP contribution in [0.3, 0.4) is 0 Å². The molecule has 1 rings (SSSR count). The van der Waals surface area contributed by atoms with Crippen LogP contribution < -0.4 is 5.32 Å². The minimum atomic E-state index is 0.219. The zero-order valence-electron chi connectivity index (χ0n) is 9.26. The summed E-state index contributed by atoms with van der Waals surface area (Å²) in [5.74, 6) is 2.72. The fourth-order valence-corrected chi connectivity index (χ4v) is 2.41. The molecule has 16 heavy (non-hydrogen) atoms. The van der Waals surface area contributed by atoms with E-state index in [2.05, 4.69) is 56.1 Å². The predicted octanol–water partition coefficient (Wildman–Crippen LogP) is 4.28. The molecule has 0 aliphatic heterocycles. The van der Waals surface area contributed by atoms with Crippen LogP contribution in [0.2, 0.25) is 0 Å². The van der Waals surface area contributed by atoms with E-state index in [0.29, 0.717) is 6.42 Å². The van der Waals surface area contributed by atoms with Crippen LogP contribution in [-0.2, 0) is 0 Å². The van der Waals surface area contributed by atoms with E-state index in [4.69, 9.17) is 6.42 Å². The van der Waals surface area contributed by atoms with Gasteiger partial charge in [0.25, 0.3) is 0 Å². The fourth-order valence-electron chi connectivity index (χ4n) is 1.51. The monoisotopic (exact) mass is 343 g/mol. The summed E-state index contributed by atoms with van der Waals surface area (Å²) in [5, 5.41) is 3.46. The molecule has 1 N–H and O–H groups in total. The molecule has 0 saturated carbocycles. The molecule has 0 amide bonds. The Morgan fingerprint density at radius 1 is 1.44 bits per heavy atom. The SMILES string of the molecule is C#CCC(NCCC)c1cc(Br)ccc1Br. The van der Waals surface area contributed by atoms with Crippen molar-refractivity contribution in [1.82, 2.24) is 5.32 Å². The van der Waals surface area contributed by atoms with Gasteiger partial charge in [-0.25, -0.2) is 0 Å². The van der Waals surface area contributed by atoms with Gasteiger partial charge in [-0.05, 0) is 36.7 Å². The molecule has 1 aromatic rings. The highest BCUT2D eigenvalue weighted by Crippen LogP contribution is 2.28. The summed E-state index contributed by atoms with van der Waals surface area (Å²) >= 11 is 7.05. The average molecular weight is 345 g/mol. The van der Waals surface area contributed by atoms with Crippen molar-refractivity contribution in [1.29, 1.82) is 0 Å². The van der Waals surface area contributed by atoms with Gasteiger partial charge < -0.3 is 5.32 Å². The van der Waals surface area contributed by atoms with Crippen LogP contribution in [-0.4, -0.2) is 6.54 Å². The van der Waals surface area contributed by atoms with Crippen LogP contribution in [0.15, 0.2) is 27.1 Å². The summed E-state index contributed by atoms with van der Waals surface area (Å²) in [7, 11) is 0. The third-order valence-corrected chi connectivity index (χ3v) is 3.51. The predicted molar refractivity (Wildman–Crippen MR) is 76.3 cm³/mol. The topological polar surface area (TPSA) is 12.0 Å². The van der Waals surface area contributed by atoms with Gasteiger partial charge in [0, 0.05) is 21.4 Å². The molecule has 0 aliphatic carbocycles. The molecule has 0 radical (unpaired) electrons. The molecule has 1 unspecified atom stereocenters. The van der Waals surface area contributed by atoms with E-state index in [-0.39, 0.29) is 6.04 Å². The number of terminal acetylenes is 1. The van der Waals surface area contributed by atoms with Gasteiger partial charge in [-0.2, -0.15) is 0 Å². The quantitative estimate of drug-likeness (QED) is 0.786. The van der Waals surface area contributed by atoms with Crippen LogP contribution in [0, 0.1) is 12.3 Å². The van der Waals surface area contributed by atoms with Gasteiger partial charge in [-0.1, -0.05) is 38.8 Å². The van der Waals surface area contributed by atoms with Crippen LogP contribution in [0.5, 0.6) is 0 Å². The molecular formula is C13H15Br2N. The standard InChI is InChI=1S/C13H15Br2N/c1-3-5-13(16-8-4-2)11-9-10(14)6-7-12(11)15/h1,6-7,9,13,16H,4-5,8H2,2H3. The van der Waals surface area contributed by atoms with Gasteiger partial charge in [0.2, 0.25) is 0 Å². The second kappa shape index (κ2) is 7.11. The van der Waals surface area contributed by atoms with Crippen molar-refractivity contribution in [3.05, 3.63) is 32.7 Å². The fraction of sp³-hybridized carbons (Fsp3) is 0.385. The van der Waals surface area contributed by atoms with Gasteiger partial charge in [-0.15, -0.1) is 12.3 Å². The Balaban J connectivity index is 2.91. The Labute approximate surface area is 114 Å². The Kier molecular flexibility index (Phi) is 6.12. The number of hydrogen-bond donors (Lipinski definition) is 1. The largest absolute Gasteiger partial charge is 0.309 e. The Morgan fingerprint density at radius 2 is 2.19 bits per heavy atom. The highest BCUT2D eigenvalue weighted by atomic mass is 79.9. The number of nitrogens with one attached hydrogen (secondary N) is 1. The van der Waals surface area contributed by atoms with E-state index in [9.17, 15) is 0 Å². The number of hydrogen-bond acceptors (Lipinski definition) is 1. The minimum Gasteiger partial charge on any atom is -0.309 e. The normalized spacial score (nSPS) is 12.1. The molecule has 1 aromatic carbocycles. The third kappa shape index (κ3) is 3.93. The maximum Gasteiger partial charge on any atom is 0.0442 e. The highest BCUT2D eigenvalue weighted by Gasteiger charge is 2.12. The molecule has 0 spiro atoms. The second-order valence-electron chi connectivity index (χ2n) is 3.58. The Bertz CT molecular complexity index is 382. The summed E-state index contributed by atoms with van der Waals surface area (Å²) in [6.07, 6.45) is 7.22. The van der Waals surface area contributed by atoms with Crippen molar-refractivity contribution in [2.75, 3.05) is 6.54 Å². The lowest BCUT2D eigenvalue weighted by atomic mass is 10.0. The summed E-state index contributed by atoms with van der Waals surface area (Å²) in [6, 6.07) is 6.38. The summed E-state index contributed by atoms with van der Waals surface area (Å²) < 4.78 is 2.17. The van der Waals surface area contributed by atoms with E-state index in [1.54, 1.807) is 0 Å². The molecule has 0 heterocycles. The average Bonchev–Trinajstić information content (AvgIpc) is 2.28. The molecule has 0 saturated heterocycles. The Hall–Kier alpha value is -0.300. The van der Waals surface area contributed by atoms with E-state index in [0.717, 1.165) is 21.9 Å². The van der Waals surface area contributed by atoms with Crippen molar-refractivity contribution in [3.63, 3.8) is 0 Å². The van der Waals surface area contributed by atoms with Crippen molar-refractivity contribution < 1.29 is 0 Å². The first-order valence-corrected chi connectivity index (χ1v) is 6.89. The lowest BCUT2D eigenvalue weighted by Crippen LogP contribution is -2.22. The molecule has 3 heteroatoms. The van der Waals surface area contributed by atoms with Crippen molar-refractivity contribution >= 4 is 31.9 Å².